The van der Waals surface area contributed by atoms with Crippen molar-refractivity contribution in [1.82, 2.24) is 4.98 Å². The molecule has 0 atom stereocenters. The molecule has 2 N–H and O–H groups in total. The fraction of sp³-hybridized carbons (Fsp3) is 0.583. The zero-order chi connectivity index (χ0) is 11.1. The van der Waals surface area contributed by atoms with Gasteiger partial charge in [-0.2, -0.15) is 0 Å². The number of nitrogens with two attached hydrogens (primary N) is 1. The number of methoxy groups -OCH3 is 1. The van der Waals surface area contributed by atoms with E-state index in [-0.39, 0.29) is 11.0 Å². The van der Waals surface area contributed by atoms with Crippen LogP contribution < -0.4 is 10.5 Å². The Hall–Kier alpha value is -1.09. The van der Waals surface area contributed by atoms with Crippen LogP contribution >= 0.6 is 0 Å². The lowest BCUT2D eigenvalue weighted by Crippen LogP contribution is -2.43. The highest BCUT2D eigenvalue weighted by atomic mass is 16.5. The average molecular weight is 206 g/mol. The van der Waals surface area contributed by atoms with E-state index in [1.165, 1.54) is 5.56 Å². The molecule has 3 heteroatoms. The van der Waals surface area contributed by atoms with Crippen molar-refractivity contribution in [2.75, 3.05) is 7.11 Å². The summed E-state index contributed by atoms with van der Waals surface area (Å²) in [7, 11) is 1.62. The summed E-state index contributed by atoms with van der Waals surface area (Å²) in [6.45, 7) is 4.37. The Morgan fingerprint density at radius 3 is 2.47 bits per heavy atom. The number of aromatic nitrogens is 1. The van der Waals surface area contributed by atoms with Gasteiger partial charge in [0.05, 0.1) is 7.11 Å². The molecule has 2 rings (SSSR count). The van der Waals surface area contributed by atoms with Gasteiger partial charge in [-0.05, 0) is 18.4 Å². The maximum absolute atomic E-state index is 6.27. The van der Waals surface area contributed by atoms with E-state index < -0.39 is 0 Å². The molecule has 3 nitrogen and oxygen atoms in total. The van der Waals surface area contributed by atoms with Crippen LogP contribution in [0.25, 0.3) is 0 Å². The van der Waals surface area contributed by atoms with Crippen molar-refractivity contribution in [3.05, 3.63) is 23.9 Å². The predicted octanol–water partition coefficient (Wildman–Crippen LogP) is 1.86. The second kappa shape index (κ2) is 3.20. The number of ether oxygens (including phenoxy) is 1. The second-order valence-corrected chi connectivity index (χ2v) is 4.87. The van der Waals surface area contributed by atoms with E-state index in [0.717, 1.165) is 12.8 Å². The van der Waals surface area contributed by atoms with Crippen molar-refractivity contribution in [3.8, 4) is 5.88 Å². The van der Waals surface area contributed by atoms with Crippen molar-refractivity contribution in [1.29, 1.82) is 0 Å². The Kier molecular flexibility index (Phi) is 2.23. The normalized spacial score (nSPS) is 18.7. The largest absolute Gasteiger partial charge is 0.481 e. The van der Waals surface area contributed by atoms with Crippen molar-refractivity contribution in [2.45, 2.75) is 37.6 Å². The molecule has 0 aliphatic heterocycles. The fourth-order valence-electron chi connectivity index (χ4n) is 1.92. The second-order valence-electron chi connectivity index (χ2n) is 4.87. The van der Waals surface area contributed by atoms with Gasteiger partial charge in [0.15, 0.2) is 0 Å². The Balaban J connectivity index is 2.29. The zero-order valence-electron chi connectivity index (χ0n) is 9.58. The van der Waals surface area contributed by atoms with Crippen LogP contribution in [-0.2, 0) is 5.41 Å². The molecule has 1 aliphatic rings. The minimum absolute atomic E-state index is 0.00767. The summed E-state index contributed by atoms with van der Waals surface area (Å²) < 4.78 is 5.04. The van der Waals surface area contributed by atoms with Gasteiger partial charge in [0, 0.05) is 23.2 Å². The first kappa shape index (κ1) is 10.4. The van der Waals surface area contributed by atoms with Gasteiger partial charge in [-0.15, -0.1) is 0 Å². The van der Waals surface area contributed by atoms with Crippen LogP contribution in [0.15, 0.2) is 18.3 Å². The topological polar surface area (TPSA) is 48.1 Å². The summed E-state index contributed by atoms with van der Waals surface area (Å²) in [5.41, 5.74) is 7.41. The van der Waals surface area contributed by atoms with Crippen LogP contribution in [0.5, 0.6) is 5.88 Å². The van der Waals surface area contributed by atoms with Gasteiger partial charge in [-0.25, -0.2) is 4.98 Å². The SMILES string of the molecule is COc1ccc(C(C)(C)C2(N)CC2)cn1. The molecular weight excluding hydrogens is 188 g/mol. The van der Waals surface area contributed by atoms with Crippen LogP contribution in [0.2, 0.25) is 0 Å². The van der Waals surface area contributed by atoms with Crippen LogP contribution in [0.4, 0.5) is 0 Å². The summed E-state index contributed by atoms with van der Waals surface area (Å²) >= 11 is 0. The minimum Gasteiger partial charge on any atom is -0.481 e. The molecule has 1 aromatic rings. The molecule has 0 bridgehead atoms. The van der Waals surface area contributed by atoms with Crippen LogP contribution in [0.1, 0.15) is 32.3 Å². The lowest BCUT2D eigenvalue weighted by Gasteiger charge is -2.32. The molecule has 0 amide bonds. The van der Waals surface area contributed by atoms with E-state index in [1.54, 1.807) is 7.11 Å². The highest BCUT2D eigenvalue weighted by molar-refractivity contribution is 5.32. The molecule has 0 aromatic carbocycles. The molecule has 1 heterocycles. The number of nitrogens with zero attached hydrogens (tertiary/aromatic N) is 1. The first-order valence-corrected chi connectivity index (χ1v) is 5.29. The molecule has 0 unspecified atom stereocenters. The van der Waals surface area contributed by atoms with E-state index in [2.05, 4.69) is 24.9 Å². The Bertz CT molecular complexity index is 352. The van der Waals surface area contributed by atoms with Gasteiger partial charge in [0.2, 0.25) is 5.88 Å². The summed E-state index contributed by atoms with van der Waals surface area (Å²) in [6, 6.07) is 3.95. The average Bonchev–Trinajstić information content (AvgIpc) is 2.98. The number of rotatable bonds is 3. The van der Waals surface area contributed by atoms with E-state index in [0.29, 0.717) is 5.88 Å². The molecule has 82 valence electrons. The monoisotopic (exact) mass is 206 g/mol. The van der Waals surface area contributed by atoms with Crippen molar-refractivity contribution >= 4 is 0 Å². The number of hydrogen-bond acceptors (Lipinski definition) is 3. The summed E-state index contributed by atoms with van der Waals surface area (Å²) in [6.07, 6.45) is 4.07. The van der Waals surface area contributed by atoms with Crippen LogP contribution in [-0.4, -0.2) is 17.6 Å². The maximum atomic E-state index is 6.27. The van der Waals surface area contributed by atoms with E-state index in [4.69, 9.17) is 10.5 Å². The third kappa shape index (κ3) is 1.61. The predicted molar refractivity (Wildman–Crippen MR) is 60.0 cm³/mol. The summed E-state index contributed by atoms with van der Waals surface area (Å²) in [5.74, 6) is 0.649. The third-order valence-electron chi connectivity index (χ3n) is 3.70. The Morgan fingerprint density at radius 2 is 2.07 bits per heavy atom. The molecule has 1 saturated carbocycles. The lowest BCUT2D eigenvalue weighted by molar-refractivity contribution is 0.381. The van der Waals surface area contributed by atoms with E-state index in [1.807, 2.05) is 12.3 Å². The van der Waals surface area contributed by atoms with E-state index >= 15 is 0 Å². The Labute approximate surface area is 90.7 Å². The lowest BCUT2D eigenvalue weighted by atomic mass is 9.77. The van der Waals surface area contributed by atoms with Gasteiger partial charge in [-0.3, -0.25) is 0 Å². The highest BCUT2D eigenvalue weighted by Crippen LogP contribution is 2.48. The van der Waals surface area contributed by atoms with Crippen LogP contribution in [0.3, 0.4) is 0 Å². The number of hydrogen-bond donors (Lipinski definition) is 1. The third-order valence-corrected chi connectivity index (χ3v) is 3.70. The standard InChI is InChI=1S/C12H18N2O/c1-11(2,12(13)6-7-12)9-4-5-10(15-3)14-8-9/h4-5,8H,6-7,13H2,1-3H3. The van der Waals surface area contributed by atoms with Gasteiger partial charge in [0.25, 0.3) is 0 Å². The van der Waals surface area contributed by atoms with Crippen molar-refractivity contribution in [2.24, 2.45) is 5.73 Å². The van der Waals surface area contributed by atoms with Crippen molar-refractivity contribution in [3.63, 3.8) is 0 Å². The first-order chi connectivity index (χ1) is 6.99. The molecule has 0 spiro atoms. The molecule has 1 aliphatic carbocycles. The van der Waals surface area contributed by atoms with Crippen LogP contribution in [0, 0.1) is 0 Å². The minimum atomic E-state index is -0.0384. The van der Waals surface area contributed by atoms with Gasteiger partial charge in [-0.1, -0.05) is 19.9 Å². The highest BCUT2D eigenvalue weighted by Gasteiger charge is 2.51. The quantitative estimate of drug-likeness (QED) is 0.821. The summed E-state index contributed by atoms with van der Waals surface area (Å²) in [4.78, 5) is 4.23. The molecular formula is C12H18N2O. The van der Waals surface area contributed by atoms with Crippen molar-refractivity contribution < 1.29 is 4.74 Å². The molecule has 0 radical (unpaired) electrons. The van der Waals surface area contributed by atoms with Gasteiger partial charge in [0.1, 0.15) is 0 Å². The number of pyridine rings is 1. The maximum Gasteiger partial charge on any atom is 0.212 e. The smallest absolute Gasteiger partial charge is 0.212 e. The Morgan fingerprint density at radius 1 is 1.40 bits per heavy atom. The van der Waals surface area contributed by atoms with Gasteiger partial charge >= 0.3 is 0 Å². The zero-order valence-corrected chi connectivity index (χ0v) is 9.58. The van der Waals surface area contributed by atoms with Gasteiger partial charge < -0.3 is 10.5 Å². The molecule has 1 aromatic heterocycles. The first-order valence-electron chi connectivity index (χ1n) is 5.29. The fourth-order valence-corrected chi connectivity index (χ4v) is 1.92. The summed E-state index contributed by atoms with van der Waals surface area (Å²) in [5, 5.41) is 0. The molecule has 0 saturated heterocycles. The van der Waals surface area contributed by atoms with E-state index in [9.17, 15) is 0 Å². The molecule has 15 heavy (non-hydrogen) atoms. The molecule has 1 fully saturated rings.